The van der Waals surface area contributed by atoms with Gasteiger partial charge >= 0.3 is 5.97 Å². The van der Waals surface area contributed by atoms with Gasteiger partial charge in [-0.3, -0.25) is 9.59 Å². The van der Waals surface area contributed by atoms with Gasteiger partial charge in [0.2, 0.25) is 0 Å². The maximum atomic E-state index is 13.1. The number of benzene rings is 2. The normalized spacial score (nSPS) is 22.4. The highest BCUT2D eigenvalue weighted by Gasteiger charge is 2.46. The fourth-order valence-electron chi connectivity index (χ4n) is 6.91. The van der Waals surface area contributed by atoms with Crippen molar-refractivity contribution in [2.45, 2.75) is 52.2 Å². The zero-order valence-electron chi connectivity index (χ0n) is 24.5. The van der Waals surface area contributed by atoms with E-state index < -0.39 is 5.97 Å². The van der Waals surface area contributed by atoms with E-state index in [0.29, 0.717) is 12.2 Å². The van der Waals surface area contributed by atoms with Gasteiger partial charge in [-0.05, 0) is 86.8 Å². The molecule has 0 spiro atoms. The lowest BCUT2D eigenvalue weighted by atomic mass is 9.85. The first-order valence-electron chi connectivity index (χ1n) is 14.9. The van der Waals surface area contributed by atoms with Crippen molar-refractivity contribution in [3.8, 4) is 17.0 Å². The summed E-state index contributed by atoms with van der Waals surface area (Å²) in [6.45, 7) is 7.41. The number of likely N-dealkylation sites (tertiary alicyclic amines) is 1. The lowest BCUT2D eigenvalue weighted by Gasteiger charge is -2.35. The van der Waals surface area contributed by atoms with Crippen LogP contribution in [0.25, 0.3) is 11.3 Å². The number of aliphatic carboxylic acids is 1. The molecule has 2 bridgehead atoms. The molecule has 2 aromatic carbocycles. The highest BCUT2D eigenvalue weighted by molar-refractivity contribution is 7.14. The van der Waals surface area contributed by atoms with Gasteiger partial charge in [0.05, 0.1) is 17.7 Å². The molecule has 3 fully saturated rings. The Morgan fingerprint density at radius 3 is 2.43 bits per heavy atom. The Morgan fingerprint density at radius 1 is 1.02 bits per heavy atom. The van der Waals surface area contributed by atoms with Gasteiger partial charge in [0.15, 0.2) is 5.13 Å². The molecule has 1 amide bonds. The number of carboxylic acid groups (broad SMARTS) is 1. The monoisotopic (exact) mass is 589 g/mol. The van der Waals surface area contributed by atoms with Gasteiger partial charge < -0.3 is 24.4 Å². The van der Waals surface area contributed by atoms with Crippen LogP contribution in [0, 0.1) is 31.6 Å². The Labute approximate surface area is 251 Å². The van der Waals surface area contributed by atoms with Crippen LogP contribution in [0.15, 0.2) is 41.8 Å². The van der Waals surface area contributed by atoms with E-state index in [4.69, 9.17) is 14.5 Å². The van der Waals surface area contributed by atoms with E-state index in [9.17, 15) is 14.7 Å². The van der Waals surface area contributed by atoms with Gasteiger partial charge in [-0.15, -0.1) is 11.3 Å². The third-order valence-electron chi connectivity index (χ3n) is 9.33. The molecular weight excluding hydrogens is 550 g/mol. The van der Waals surface area contributed by atoms with E-state index in [1.807, 2.05) is 42.2 Å². The fraction of sp³-hybridized carbons (Fsp3) is 0.485. The third kappa shape index (κ3) is 5.77. The molecule has 1 aromatic heterocycles. The fourth-order valence-corrected chi connectivity index (χ4v) is 7.75. The molecule has 8 nitrogen and oxygen atoms in total. The summed E-state index contributed by atoms with van der Waals surface area (Å²) in [5, 5.41) is 12.7. The van der Waals surface area contributed by atoms with Crippen LogP contribution >= 0.6 is 11.3 Å². The van der Waals surface area contributed by atoms with Crippen LogP contribution < -0.4 is 9.64 Å². The Morgan fingerprint density at radius 2 is 1.76 bits per heavy atom. The molecule has 6 rings (SSSR count). The maximum Gasteiger partial charge on any atom is 0.307 e. The molecule has 0 radical (unpaired) electrons. The first kappa shape index (κ1) is 28.7. The van der Waals surface area contributed by atoms with Crippen LogP contribution in [0.3, 0.4) is 0 Å². The van der Waals surface area contributed by atoms with Gasteiger partial charge in [0.25, 0.3) is 5.91 Å². The minimum Gasteiger partial charge on any atom is -0.488 e. The zero-order valence-corrected chi connectivity index (χ0v) is 25.4. The van der Waals surface area contributed by atoms with Crippen molar-refractivity contribution in [3.63, 3.8) is 0 Å². The second-order valence-corrected chi connectivity index (χ2v) is 12.9. The number of rotatable bonds is 8. The standard InChI is InChI=1S/C33H39N3O5S/c1-20-4-9-29(41-18-25-8-5-22(15-21(25)2)31(37)35-12-10-26(40-3)11-13-35)27(14-20)28-19-42-33(34-28)36-16-23-6-7-24(17-36)30(23)32(38)39/h4-5,8-9,14-15,19,23-24,26,30H,6-7,10-13,16-18H2,1-3H3,(H,38,39)/t23-,24+,30?. The number of thiazole rings is 1. The Kier molecular flexibility index (Phi) is 8.23. The van der Waals surface area contributed by atoms with Crippen LogP contribution in [-0.2, 0) is 16.1 Å². The molecule has 3 atom stereocenters. The van der Waals surface area contributed by atoms with E-state index in [2.05, 4.69) is 23.3 Å². The van der Waals surface area contributed by atoms with Crippen molar-refractivity contribution in [3.05, 3.63) is 64.0 Å². The van der Waals surface area contributed by atoms with Gasteiger partial charge in [0.1, 0.15) is 12.4 Å². The Balaban J connectivity index is 1.14. The quantitative estimate of drug-likeness (QED) is 0.355. The Hall–Kier alpha value is -3.43. The maximum absolute atomic E-state index is 13.1. The van der Waals surface area contributed by atoms with E-state index >= 15 is 0 Å². The van der Waals surface area contributed by atoms with Gasteiger partial charge in [0, 0.05) is 49.8 Å². The number of anilines is 1. The number of carbonyl (C=O) groups excluding carboxylic acids is 1. The molecule has 42 heavy (non-hydrogen) atoms. The molecule has 2 saturated heterocycles. The van der Waals surface area contributed by atoms with Crippen molar-refractivity contribution in [2.75, 3.05) is 38.2 Å². The molecule has 3 aromatic rings. The predicted molar refractivity (Wildman–Crippen MR) is 163 cm³/mol. The number of fused-ring (bicyclic) bond motifs is 2. The lowest BCUT2D eigenvalue weighted by molar-refractivity contribution is -0.144. The van der Waals surface area contributed by atoms with Crippen molar-refractivity contribution in [1.29, 1.82) is 0 Å². The molecule has 3 aliphatic rings. The summed E-state index contributed by atoms with van der Waals surface area (Å²) in [6.07, 6.45) is 3.94. The number of methoxy groups -OCH3 is 1. The topological polar surface area (TPSA) is 92.2 Å². The van der Waals surface area contributed by atoms with Crippen LogP contribution in [0.2, 0.25) is 0 Å². The second-order valence-electron chi connectivity index (χ2n) is 12.0. The highest BCUT2D eigenvalue weighted by atomic mass is 32.1. The smallest absolute Gasteiger partial charge is 0.307 e. The van der Waals surface area contributed by atoms with Crippen LogP contribution in [0.5, 0.6) is 5.75 Å². The molecule has 9 heteroatoms. The second kappa shape index (κ2) is 12.1. The summed E-state index contributed by atoms with van der Waals surface area (Å²) in [5.74, 6) is 0.353. The van der Waals surface area contributed by atoms with E-state index in [-0.39, 0.29) is 29.8 Å². The molecule has 2 aliphatic heterocycles. The van der Waals surface area contributed by atoms with Gasteiger partial charge in [-0.2, -0.15) is 0 Å². The number of carboxylic acids is 1. The average Bonchev–Trinajstić information content (AvgIpc) is 3.59. The third-order valence-corrected chi connectivity index (χ3v) is 10.2. The highest BCUT2D eigenvalue weighted by Crippen LogP contribution is 2.44. The van der Waals surface area contributed by atoms with Gasteiger partial charge in [-0.1, -0.05) is 17.7 Å². The van der Waals surface area contributed by atoms with Crippen molar-refractivity contribution in [2.24, 2.45) is 17.8 Å². The lowest BCUT2D eigenvalue weighted by Crippen LogP contribution is -2.44. The molecule has 1 unspecified atom stereocenters. The number of amides is 1. The van der Waals surface area contributed by atoms with Crippen LogP contribution in [0.1, 0.15) is 52.7 Å². The van der Waals surface area contributed by atoms with Gasteiger partial charge in [-0.25, -0.2) is 4.98 Å². The van der Waals surface area contributed by atoms with Crippen molar-refractivity contribution < 1.29 is 24.2 Å². The zero-order chi connectivity index (χ0) is 29.4. The number of ether oxygens (including phenoxy) is 2. The molecule has 3 heterocycles. The molecule has 1 N–H and O–H groups in total. The minimum absolute atomic E-state index is 0.0699. The van der Waals surface area contributed by atoms with Crippen LogP contribution in [-0.4, -0.2) is 66.3 Å². The summed E-state index contributed by atoms with van der Waals surface area (Å²) in [6, 6.07) is 12.0. The first-order valence-corrected chi connectivity index (χ1v) is 15.8. The summed E-state index contributed by atoms with van der Waals surface area (Å²) in [4.78, 5) is 34.0. The van der Waals surface area contributed by atoms with E-state index in [1.54, 1.807) is 18.4 Å². The molecule has 222 valence electrons. The predicted octanol–water partition coefficient (Wildman–Crippen LogP) is 5.80. The summed E-state index contributed by atoms with van der Waals surface area (Å²) in [5.41, 5.74) is 5.71. The Bertz CT molecular complexity index is 1450. The van der Waals surface area contributed by atoms with Crippen molar-refractivity contribution in [1.82, 2.24) is 9.88 Å². The van der Waals surface area contributed by atoms with E-state index in [1.165, 1.54) is 0 Å². The van der Waals surface area contributed by atoms with Crippen molar-refractivity contribution >= 4 is 28.3 Å². The average molecular weight is 590 g/mol. The molecular formula is C33H39N3O5S. The largest absolute Gasteiger partial charge is 0.488 e. The first-order chi connectivity index (χ1) is 20.3. The summed E-state index contributed by atoms with van der Waals surface area (Å²) < 4.78 is 11.8. The molecule has 1 aliphatic carbocycles. The number of nitrogens with zero attached hydrogens (tertiary/aromatic N) is 3. The number of hydrogen-bond donors (Lipinski definition) is 1. The minimum atomic E-state index is -0.650. The number of piperidine rings is 2. The summed E-state index contributed by atoms with van der Waals surface area (Å²) in [7, 11) is 1.73. The van der Waals surface area contributed by atoms with Crippen LogP contribution in [0.4, 0.5) is 5.13 Å². The number of aryl methyl sites for hydroxylation is 2. The number of carbonyl (C=O) groups is 2. The molecule has 1 saturated carbocycles. The number of hydrogen-bond acceptors (Lipinski definition) is 7. The summed E-state index contributed by atoms with van der Waals surface area (Å²) >= 11 is 1.61. The SMILES string of the molecule is COC1CCN(C(=O)c2ccc(COc3ccc(C)cc3-c3csc(N4C[C@H]5CC[C@@H](C4)C5C(=O)O)n3)c(C)c2)CC1. The van der Waals surface area contributed by atoms with E-state index in [0.717, 1.165) is 90.7 Å². The number of aromatic nitrogens is 1.